The summed E-state index contributed by atoms with van der Waals surface area (Å²) in [5.74, 6) is -1.40. The summed E-state index contributed by atoms with van der Waals surface area (Å²) < 4.78 is 5.06. The number of nitro groups is 1. The summed E-state index contributed by atoms with van der Waals surface area (Å²) in [6, 6.07) is 11.2. The number of hydrogen-bond donors (Lipinski definition) is 1. The number of nitro benzene ring substituents is 1. The van der Waals surface area contributed by atoms with Crippen molar-refractivity contribution in [1.29, 1.82) is 0 Å². The van der Waals surface area contributed by atoms with E-state index >= 15 is 0 Å². The van der Waals surface area contributed by atoms with Gasteiger partial charge in [0.1, 0.15) is 0 Å². The molecule has 0 aromatic heterocycles. The van der Waals surface area contributed by atoms with Crippen molar-refractivity contribution in [3.05, 3.63) is 69.8 Å². The molecule has 2 aromatic rings. The van der Waals surface area contributed by atoms with E-state index in [1.165, 1.54) is 38.1 Å². The van der Waals surface area contributed by atoms with Gasteiger partial charge in [-0.05, 0) is 50.2 Å². The van der Waals surface area contributed by atoms with Gasteiger partial charge in [0.25, 0.3) is 11.6 Å². The number of carbonyl (C=O) groups excluding carboxylic acids is 3. The van der Waals surface area contributed by atoms with Crippen molar-refractivity contribution in [3.8, 4) is 0 Å². The lowest BCUT2D eigenvalue weighted by atomic mass is 10.1. The number of carbonyl (C=O) groups is 3. The molecule has 0 unspecified atom stereocenters. The molecule has 0 spiro atoms. The van der Waals surface area contributed by atoms with E-state index in [1.807, 2.05) is 0 Å². The minimum absolute atomic E-state index is 0.0896. The van der Waals surface area contributed by atoms with E-state index in [4.69, 9.17) is 4.74 Å². The van der Waals surface area contributed by atoms with Crippen LogP contribution in [0, 0.1) is 10.1 Å². The van der Waals surface area contributed by atoms with Crippen molar-refractivity contribution >= 4 is 29.0 Å². The lowest BCUT2D eigenvalue weighted by Crippen LogP contribution is -2.30. The van der Waals surface area contributed by atoms with Crippen molar-refractivity contribution in [2.45, 2.75) is 20.0 Å². The number of amides is 1. The van der Waals surface area contributed by atoms with Gasteiger partial charge in [0, 0.05) is 23.4 Å². The summed E-state index contributed by atoms with van der Waals surface area (Å²) in [7, 11) is 0. The number of rotatable bonds is 6. The average Bonchev–Trinajstić information content (AvgIpc) is 2.62. The van der Waals surface area contributed by atoms with E-state index < -0.39 is 22.9 Å². The van der Waals surface area contributed by atoms with Gasteiger partial charge < -0.3 is 10.1 Å². The highest BCUT2D eigenvalue weighted by molar-refractivity contribution is 5.98. The Morgan fingerprint density at radius 3 is 2.04 bits per heavy atom. The summed E-state index contributed by atoms with van der Waals surface area (Å²) in [4.78, 5) is 45.3. The second kappa shape index (κ2) is 8.02. The SMILES string of the molecule is CC(=O)c1ccc(NC(=O)[C@H](C)OC(=O)c2ccc([N+](=O)[O-])cc2)cc1. The van der Waals surface area contributed by atoms with Crippen molar-refractivity contribution in [2.75, 3.05) is 5.32 Å². The quantitative estimate of drug-likeness (QED) is 0.368. The lowest BCUT2D eigenvalue weighted by Gasteiger charge is -2.13. The van der Waals surface area contributed by atoms with Crippen LogP contribution >= 0.6 is 0 Å². The first-order valence-electron chi connectivity index (χ1n) is 7.65. The minimum Gasteiger partial charge on any atom is -0.449 e. The second-order valence-electron chi connectivity index (χ2n) is 5.47. The van der Waals surface area contributed by atoms with Crippen LogP contribution in [0.3, 0.4) is 0 Å². The molecule has 0 aliphatic carbocycles. The molecular weight excluding hydrogens is 340 g/mol. The first kappa shape index (κ1) is 18.8. The molecule has 8 heteroatoms. The van der Waals surface area contributed by atoms with Crippen molar-refractivity contribution in [2.24, 2.45) is 0 Å². The minimum atomic E-state index is -1.08. The van der Waals surface area contributed by atoms with E-state index in [-0.39, 0.29) is 17.0 Å². The third kappa shape index (κ3) is 4.73. The van der Waals surface area contributed by atoms with Crippen LogP contribution in [0.5, 0.6) is 0 Å². The van der Waals surface area contributed by atoms with Crippen LogP contribution in [0.15, 0.2) is 48.5 Å². The molecule has 0 saturated heterocycles. The van der Waals surface area contributed by atoms with Crippen LogP contribution in [0.2, 0.25) is 0 Å². The van der Waals surface area contributed by atoms with Gasteiger partial charge in [-0.15, -0.1) is 0 Å². The average molecular weight is 356 g/mol. The van der Waals surface area contributed by atoms with Gasteiger partial charge in [-0.3, -0.25) is 19.7 Å². The third-order valence-electron chi connectivity index (χ3n) is 3.53. The molecule has 2 aromatic carbocycles. The number of esters is 1. The Balaban J connectivity index is 1.96. The molecule has 0 aliphatic heterocycles. The maximum absolute atomic E-state index is 12.1. The largest absolute Gasteiger partial charge is 0.449 e. The molecule has 0 radical (unpaired) electrons. The molecule has 134 valence electrons. The zero-order valence-corrected chi connectivity index (χ0v) is 14.1. The van der Waals surface area contributed by atoms with Gasteiger partial charge in [-0.25, -0.2) is 4.79 Å². The fraction of sp³-hybridized carbons (Fsp3) is 0.167. The highest BCUT2D eigenvalue weighted by atomic mass is 16.6. The van der Waals surface area contributed by atoms with Gasteiger partial charge in [0.15, 0.2) is 11.9 Å². The predicted octanol–water partition coefficient (Wildman–Crippen LogP) is 2.98. The number of nitrogens with zero attached hydrogens (tertiary/aromatic N) is 1. The van der Waals surface area contributed by atoms with Gasteiger partial charge in [-0.2, -0.15) is 0 Å². The Labute approximate surface area is 148 Å². The normalized spacial score (nSPS) is 11.3. The Kier molecular flexibility index (Phi) is 5.79. The summed E-state index contributed by atoms with van der Waals surface area (Å²) >= 11 is 0. The van der Waals surface area contributed by atoms with Crippen LogP contribution in [0.4, 0.5) is 11.4 Å². The summed E-state index contributed by atoms with van der Waals surface area (Å²) in [5, 5.41) is 13.2. The Morgan fingerprint density at radius 1 is 1.00 bits per heavy atom. The smallest absolute Gasteiger partial charge is 0.338 e. The Morgan fingerprint density at radius 2 is 1.54 bits per heavy atom. The number of Topliss-reactive ketones (excluding diaryl/α,β-unsaturated/α-hetero) is 1. The number of non-ortho nitro benzene ring substituents is 1. The fourth-order valence-electron chi connectivity index (χ4n) is 2.03. The third-order valence-corrected chi connectivity index (χ3v) is 3.53. The molecule has 1 atom stereocenters. The van der Waals surface area contributed by atoms with Crippen molar-refractivity contribution in [1.82, 2.24) is 0 Å². The predicted molar refractivity (Wildman–Crippen MR) is 93.1 cm³/mol. The monoisotopic (exact) mass is 356 g/mol. The van der Waals surface area contributed by atoms with Crippen LogP contribution in [0.1, 0.15) is 34.6 Å². The standard InChI is InChI=1S/C18H16N2O6/c1-11(21)13-3-7-15(8-4-13)19-17(22)12(2)26-18(23)14-5-9-16(10-6-14)20(24)25/h3-10,12H,1-2H3,(H,19,22)/t12-/m0/s1. The molecular formula is C18H16N2O6. The van der Waals surface area contributed by atoms with E-state index in [0.717, 1.165) is 0 Å². The molecule has 0 saturated carbocycles. The molecule has 1 amide bonds. The highest BCUT2D eigenvalue weighted by Gasteiger charge is 2.19. The van der Waals surface area contributed by atoms with Crippen molar-refractivity contribution in [3.63, 3.8) is 0 Å². The van der Waals surface area contributed by atoms with Gasteiger partial charge in [0.05, 0.1) is 10.5 Å². The summed E-state index contributed by atoms with van der Waals surface area (Å²) in [6.07, 6.45) is -1.08. The Bertz CT molecular complexity index is 843. The molecule has 1 N–H and O–H groups in total. The van der Waals surface area contributed by atoms with E-state index in [0.29, 0.717) is 11.3 Å². The molecule has 8 nitrogen and oxygen atoms in total. The van der Waals surface area contributed by atoms with E-state index in [9.17, 15) is 24.5 Å². The number of anilines is 1. The topological polar surface area (TPSA) is 116 Å². The van der Waals surface area contributed by atoms with Gasteiger partial charge in [-0.1, -0.05) is 0 Å². The molecule has 0 aliphatic rings. The summed E-state index contributed by atoms with van der Waals surface area (Å²) in [5.41, 5.74) is 0.918. The molecule has 0 fully saturated rings. The molecule has 26 heavy (non-hydrogen) atoms. The maximum atomic E-state index is 12.1. The molecule has 2 rings (SSSR count). The Hall–Kier alpha value is -3.55. The number of ether oxygens (including phenoxy) is 1. The van der Waals surface area contributed by atoms with E-state index in [2.05, 4.69) is 5.32 Å². The van der Waals surface area contributed by atoms with E-state index in [1.54, 1.807) is 24.3 Å². The summed E-state index contributed by atoms with van der Waals surface area (Å²) in [6.45, 7) is 2.84. The van der Waals surface area contributed by atoms with Crippen LogP contribution in [-0.2, 0) is 9.53 Å². The molecule has 0 bridgehead atoms. The first-order chi connectivity index (χ1) is 12.3. The lowest BCUT2D eigenvalue weighted by molar-refractivity contribution is -0.384. The van der Waals surface area contributed by atoms with Gasteiger partial charge >= 0.3 is 5.97 Å². The fourth-order valence-corrected chi connectivity index (χ4v) is 2.03. The van der Waals surface area contributed by atoms with Crippen LogP contribution < -0.4 is 5.32 Å². The van der Waals surface area contributed by atoms with Crippen molar-refractivity contribution < 1.29 is 24.0 Å². The van der Waals surface area contributed by atoms with Crippen LogP contribution in [0.25, 0.3) is 0 Å². The number of benzene rings is 2. The number of nitrogens with one attached hydrogen (secondary N) is 1. The highest BCUT2D eigenvalue weighted by Crippen LogP contribution is 2.14. The zero-order chi connectivity index (χ0) is 19.3. The number of ketones is 1. The first-order valence-corrected chi connectivity index (χ1v) is 7.65. The maximum Gasteiger partial charge on any atom is 0.338 e. The zero-order valence-electron chi connectivity index (χ0n) is 14.1. The number of hydrogen-bond acceptors (Lipinski definition) is 6. The molecule has 0 heterocycles. The van der Waals surface area contributed by atoms with Gasteiger partial charge in [0.2, 0.25) is 0 Å². The van der Waals surface area contributed by atoms with Crippen LogP contribution in [-0.4, -0.2) is 28.7 Å². The second-order valence-corrected chi connectivity index (χ2v) is 5.47.